The third-order valence-corrected chi connectivity index (χ3v) is 6.92. The van der Waals surface area contributed by atoms with Gasteiger partial charge >= 0.3 is 0 Å². The Labute approximate surface area is 199 Å². The molecule has 0 aliphatic carbocycles. The predicted octanol–water partition coefficient (Wildman–Crippen LogP) is 3.02. The molecular weight excluding hydrogens is 435 g/mol. The number of hydrogen-bond acceptors (Lipinski definition) is 4. The lowest BCUT2D eigenvalue weighted by atomic mass is 9.85. The molecule has 180 valence electrons. The van der Waals surface area contributed by atoms with E-state index < -0.39 is 11.4 Å². The molecule has 8 heteroatoms. The van der Waals surface area contributed by atoms with Crippen molar-refractivity contribution in [3.8, 4) is 0 Å². The number of benzene rings is 2. The van der Waals surface area contributed by atoms with E-state index in [2.05, 4.69) is 10.2 Å². The van der Waals surface area contributed by atoms with Gasteiger partial charge in [0.15, 0.2) is 0 Å². The van der Waals surface area contributed by atoms with Gasteiger partial charge in [-0.3, -0.25) is 14.4 Å². The zero-order chi connectivity index (χ0) is 24.3. The second-order valence-electron chi connectivity index (χ2n) is 9.09. The molecule has 4 rings (SSSR count). The Bertz CT molecular complexity index is 1050. The van der Waals surface area contributed by atoms with Crippen LogP contribution in [0.2, 0.25) is 0 Å². The van der Waals surface area contributed by atoms with Gasteiger partial charge in [0, 0.05) is 24.8 Å². The number of piperidine rings is 1. The number of nitrogens with one attached hydrogen (secondary N) is 1. The monoisotopic (exact) mass is 466 g/mol. The van der Waals surface area contributed by atoms with E-state index >= 15 is 0 Å². The van der Waals surface area contributed by atoms with E-state index in [1.807, 2.05) is 44.2 Å². The smallest absolute Gasteiger partial charge is 0.256 e. The second kappa shape index (κ2) is 9.83. The fourth-order valence-electron chi connectivity index (χ4n) is 4.80. The molecule has 1 spiro atoms. The number of anilines is 1. The van der Waals surface area contributed by atoms with E-state index in [9.17, 15) is 18.8 Å². The first-order valence-electron chi connectivity index (χ1n) is 11.8. The molecule has 7 nitrogen and oxygen atoms in total. The zero-order valence-corrected chi connectivity index (χ0v) is 19.7. The van der Waals surface area contributed by atoms with Crippen LogP contribution in [0.25, 0.3) is 0 Å². The van der Waals surface area contributed by atoms with E-state index in [0.29, 0.717) is 32.6 Å². The topological polar surface area (TPSA) is 73.0 Å². The van der Waals surface area contributed by atoms with Crippen molar-refractivity contribution in [3.63, 3.8) is 0 Å². The molecule has 1 N–H and O–H groups in total. The van der Waals surface area contributed by atoms with Crippen molar-refractivity contribution in [3.05, 3.63) is 66.0 Å². The lowest BCUT2D eigenvalue weighted by molar-refractivity contribution is -0.137. The molecule has 0 saturated carbocycles. The SMILES string of the molecule is CC[C@H](C)NC(=O)CN1CN(c2ccccc2)C2(CCN(C(=O)c3ccccc3F)CC2)C1=O. The molecule has 2 aliphatic heterocycles. The van der Waals surface area contributed by atoms with Crippen molar-refractivity contribution in [1.29, 1.82) is 0 Å². The van der Waals surface area contributed by atoms with E-state index in [1.54, 1.807) is 21.9 Å². The first-order valence-corrected chi connectivity index (χ1v) is 11.8. The summed E-state index contributed by atoms with van der Waals surface area (Å²) in [6.45, 7) is 4.88. The van der Waals surface area contributed by atoms with Gasteiger partial charge in [-0.15, -0.1) is 0 Å². The number of amides is 3. The van der Waals surface area contributed by atoms with E-state index in [-0.39, 0.29) is 35.9 Å². The molecule has 2 heterocycles. The molecule has 34 heavy (non-hydrogen) atoms. The Morgan fingerprint density at radius 3 is 2.35 bits per heavy atom. The Morgan fingerprint density at radius 1 is 1.06 bits per heavy atom. The molecule has 3 amide bonds. The third kappa shape index (κ3) is 4.49. The summed E-state index contributed by atoms with van der Waals surface area (Å²) in [5, 5.41) is 2.93. The highest BCUT2D eigenvalue weighted by molar-refractivity contribution is 5.97. The maximum atomic E-state index is 14.2. The van der Waals surface area contributed by atoms with Gasteiger partial charge in [0.1, 0.15) is 17.9 Å². The van der Waals surface area contributed by atoms with Crippen molar-refractivity contribution in [1.82, 2.24) is 15.1 Å². The summed E-state index contributed by atoms with van der Waals surface area (Å²) in [5.41, 5.74) is 0.0957. The minimum atomic E-state index is -0.843. The third-order valence-electron chi connectivity index (χ3n) is 6.92. The van der Waals surface area contributed by atoms with Crippen molar-refractivity contribution in [2.45, 2.75) is 44.7 Å². The average Bonchev–Trinajstić information content (AvgIpc) is 3.11. The van der Waals surface area contributed by atoms with Crippen LogP contribution in [-0.2, 0) is 9.59 Å². The summed E-state index contributed by atoms with van der Waals surface area (Å²) in [6.07, 6.45) is 1.63. The fraction of sp³-hybridized carbons (Fsp3) is 0.423. The van der Waals surface area contributed by atoms with Crippen LogP contribution >= 0.6 is 0 Å². The summed E-state index contributed by atoms with van der Waals surface area (Å²) < 4.78 is 14.2. The van der Waals surface area contributed by atoms with Crippen LogP contribution in [0.3, 0.4) is 0 Å². The van der Waals surface area contributed by atoms with Crippen LogP contribution in [-0.4, -0.2) is 65.4 Å². The van der Waals surface area contributed by atoms with E-state index in [1.165, 1.54) is 12.1 Å². The molecule has 0 aromatic heterocycles. The van der Waals surface area contributed by atoms with Crippen LogP contribution < -0.4 is 10.2 Å². The second-order valence-corrected chi connectivity index (χ2v) is 9.09. The van der Waals surface area contributed by atoms with Gasteiger partial charge in [0.05, 0.1) is 12.2 Å². The van der Waals surface area contributed by atoms with E-state index in [4.69, 9.17) is 0 Å². The minimum absolute atomic E-state index is 0.00781. The maximum absolute atomic E-state index is 14.2. The van der Waals surface area contributed by atoms with Crippen molar-refractivity contribution < 1.29 is 18.8 Å². The van der Waals surface area contributed by atoms with Crippen LogP contribution in [0, 0.1) is 5.82 Å². The summed E-state index contributed by atoms with van der Waals surface area (Å²) in [5.74, 6) is -1.20. The number of hydrogen-bond donors (Lipinski definition) is 1. The molecule has 0 unspecified atom stereocenters. The first kappa shape index (κ1) is 23.7. The van der Waals surface area contributed by atoms with Crippen LogP contribution in [0.1, 0.15) is 43.5 Å². The normalized spacial score (nSPS) is 18.3. The highest BCUT2D eigenvalue weighted by Crippen LogP contribution is 2.39. The molecular formula is C26H31FN4O3. The highest BCUT2D eigenvalue weighted by atomic mass is 19.1. The summed E-state index contributed by atoms with van der Waals surface area (Å²) in [6, 6.07) is 15.7. The Kier molecular flexibility index (Phi) is 6.86. The molecule has 2 aromatic carbocycles. The summed E-state index contributed by atoms with van der Waals surface area (Å²) in [7, 11) is 0. The number of rotatable bonds is 6. The Morgan fingerprint density at radius 2 is 1.71 bits per heavy atom. The van der Waals surface area contributed by atoms with Gasteiger partial charge in [0.25, 0.3) is 11.8 Å². The molecule has 2 fully saturated rings. The standard InChI is InChI=1S/C26H31FN4O3/c1-3-19(2)28-23(32)17-30-18-31(20-9-5-4-6-10-20)26(25(30)34)13-15-29(16-14-26)24(33)21-11-7-8-12-22(21)27/h4-12,19H,3,13-18H2,1-2H3,(H,28,32)/t19-/m0/s1. The predicted molar refractivity (Wildman–Crippen MR) is 128 cm³/mol. The number of carbonyl (C=O) groups excluding carboxylic acids is 3. The first-order chi connectivity index (χ1) is 16.4. The van der Waals surface area contributed by atoms with Crippen LogP contribution in [0.5, 0.6) is 0 Å². The molecule has 0 bridgehead atoms. The quantitative estimate of drug-likeness (QED) is 0.711. The van der Waals surface area contributed by atoms with Gasteiger partial charge in [-0.05, 0) is 50.5 Å². The molecule has 2 aliphatic rings. The van der Waals surface area contributed by atoms with Gasteiger partial charge < -0.3 is 20.0 Å². The average molecular weight is 467 g/mol. The number of para-hydroxylation sites is 1. The van der Waals surface area contributed by atoms with Gasteiger partial charge in [-0.25, -0.2) is 4.39 Å². The molecule has 2 saturated heterocycles. The number of carbonyl (C=O) groups is 3. The Balaban J connectivity index is 1.54. The van der Waals surface area contributed by atoms with Gasteiger partial charge in [0.2, 0.25) is 5.91 Å². The Hall–Kier alpha value is -3.42. The minimum Gasteiger partial charge on any atom is -0.352 e. The van der Waals surface area contributed by atoms with Crippen LogP contribution in [0.4, 0.5) is 10.1 Å². The largest absolute Gasteiger partial charge is 0.352 e. The maximum Gasteiger partial charge on any atom is 0.256 e. The number of likely N-dealkylation sites (tertiary alicyclic amines) is 1. The lowest BCUT2D eigenvalue weighted by Gasteiger charge is -2.43. The fourth-order valence-corrected chi connectivity index (χ4v) is 4.80. The van der Waals surface area contributed by atoms with Crippen LogP contribution in [0.15, 0.2) is 54.6 Å². The zero-order valence-electron chi connectivity index (χ0n) is 19.7. The van der Waals surface area contributed by atoms with Crippen molar-refractivity contribution >= 4 is 23.4 Å². The van der Waals surface area contributed by atoms with Gasteiger partial charge in [-0.1, -0.05) is 37.3 Å². The van der Waals surface area contributed by atoms with Gasteiger partial charge in [-0.2, -0.15) is 0 Å². The lowest BCUT2D eigenvalue weighted by Crippen LogP contribution is -2.57. The number of nitrogens with zero attached hydrogens (tertiary/aromatic N) is 3. The summed E-state index contributed by atoms with van der Waals surface area (Å²) in [4.78, 5) is 44.4. The van der Waals surface area contributed by atoms with E-state index in [0.717, 1.165) is 12.1 Å². The van der Waals surface area contributed by atoms with Crippen molar-refractivity contribution in [2.24, 2.45) is 0 Å². The number of halogens is 1. The van der Waals surface area contributed by atoms with Crippen molar-refractivity contribution in [2.75, 3.05) is 31.2 Å². The summed E-state index contributed by atoms with van der Waals surface area (Å²) >= 11 is 0. The molecule has 1 atom stereocenters. The molecule has 0 radical (unpaired) electrons. The molecule has 2 aromatic rings. The highest BCUT2D eigenvalue weighted by Gasteiger charge is 2.54.